The van der Waals surface area contributed by atoms with Crippen LogP contribution in [0.1, 0.15) is 0 Å². The predicted molar refractivity (Wildman–Crippen MR) is 186 cm³/mol. The minimum atomic E-state index is -0.256. The normalized spacial score (nSPS) is 11.6. The molecule has 0 unspecified atom stereocenters. The molecule has 0 radical (unpaired) electrons. The summed E-state index contributed by atoms with van der Waals surface area (Å²) in [5.74, 6) is 0.372. The first-order chi connectivity index (χ1) is 22.7. The summed E-state index contributed by atoms with van der Waals surface area (Å²) in [5.41, 5.74) is 9.78. The molecule has 0 atom stereocenters. The zero-order valence-corrected chi connectivity index (χ0v) is 24.6. The highest BCUT2D eigenvalue weighted by molar-refractivity contribution is 6.11. The summed E-state index contributed by atoms with van der Waals surface area (Å²) in [7, 11) is 0. The van der Waals surface area contributed by atoms with Crippen molar-refractivity contribution in [3.05, 3.63) is 157 Å². The number of para-hydroxylation sites is 2. The van der Waals surface area contributed by atoms with Gasteiger partial charge in [-0.05, 0) is 105 Å². The third-order valence-electron chi connectivity index (χ3n) is 8.75. The number of halogens is 1. The molecule has 0 bridgehead atoms. The van der Waals surface area contributed by atoms with E-state index in [1.165, 1.54) is 22.9 Å². The van der Waals surface area contributed by atoms with Crippen molar-refractivity contribution in [3.8, 4) is 45.0 Å². The third kappa shape index (κ3) is 4.51. The number of aromatic nitrogens is 2. The first-order valence-electron chi connectivity index (χ1n) is 15.3. The van der Waals surface area contributed by atoms with Crippen LogP contribution in [0.25, 0.3) is 88.5 Å². The van der Waals surface area contributed by atoms with Gasteiger partial charge < -0.3 is 4.42 Å². The number of hydrogen-bond donors (Lipinski definition) is 0. The maximum Gasteiger partial charge on any atom is 0.227 e. The van der Waals surface area contributed by atoms with Crippen LogP contribution in [0.2, 0.25) is 0 Å². The fraction of sp³-hybridized carbons (Fsp3) is 0. The first kappa shape index (κ1) is 26.3. The second kappa shape index (κ2) is 10.5. The Balaban J connectivity index is 1.06. The van der Waals surface area contributed by atoms with Crippen molar-refractivity contribution < 1.29 is 8.81 Å². The Bertz CT molecular complexity index is 2550. The highest BCUT2D eigenvalue weighted by Gasteiger charge is 2.13. The van der Waals surface area contributed by atoms with E-state index in [0.717, 1.165) is 71.8 Å². The summed E-state index contributed by atoms with van der Waals surface area (Å²) >= 11 is 0. The minimum Gasteiger partial charge on any atom is -0.436 e. The summed E-state index contributed by atoms with van der Waals surface area (Å²) < 4.78 is 19.7. The average molecular weight is 593 g/mol. The average Bonchev–Trinajstić information content (AvgIpc) is 3.56. The maximum absolute atomic E-state index is 13.7. The molecule has 0 saturated heterocycles. The van der Waals surface area contributed by atoms with Crippen molar-refractivity contribution in [2.75, 3.05) is 0 Å². The molecule has 0 N–H and O–H groups in total. The molecule has 9 rings (SSSR count). The summed E-state index contributed by atoms with van der Waals surface area (Å²) in [4.78, 5) is 9.73. The van der Waals surface area contributed by atoms with Gasteiger partial charge in [-0.2, -0.15) is 0 Å². The topological polar surface area (TPSA) is 38.9 Å². The zero-order valence-electron chi connectivity index (χ0n) is 24.6. The summed E-state index contributed by atoms with van der Waals surface area (Å²) in [6.45, 7) is 0. The smallest absolute Gasteiger partial charge is 0.227 e. The van der Waals surface area contributed by atoms with Gasteiger partial charge in [-0.15, -0.1) is 0 Å². The predicted octanol–water partition coefficient (Wildman–Crippen LogP) is 11.5. The van der Waals surface area contributed by atoms with Crippen LogP contribution >= 0.6 is 0 Å². The molecule has 0 aliphatic heterocycles. The van der Waals surface area contributed by atoms with E-state index < -0.39 is 0 Å². The highest BCUT2D eigenvalue weighted by atomic mass is 19.1. The lowest BCUT2D eigenvalue weighted by atomic mass is 9.95. The molecule has 0 aliphatic carbocycles. The van der Waals surface area contributed by atoms with E-state index in [4.69, 9.17) is 9.40 Å². The standard InChI is InChI=1S/C42H25FN2O/c43-34-20-17-27(18-21-34)41-37-6-2-1-5-35(37)36-22-19-33(25-39(36)44-41)32-16-15-30-23-29(13-14-31(30)24-32)26-9-11-28(12-10-26)42-45-38-7-3-4-8-40(38)46-42/h1-25H. The molecule has 2 aromatic heterocycles. The Morgan fingerprint density at radius 3 is 1.76 bits per heavy atom. The van der Waals surface area contributed by atoms with E-state index >= 15 is 0 Å². The number of benzene rings is 7. The van der Waals surface area contributed by atoms with E-state index in [2.05, 4.69) is 96.0 Å². The molecular formula is C42H25FN2O. The SMILES string of the molecule is Fc1ccc(-c2nc3cc(-c4ccc5cc(-c6ccc(-c7nc8ccccc8o7)cc6)ccc5c4)ccc3c3ccccc23)cc1. The molecule has 0 saturated carbocycles. The van der Waals surface area contributed by atoms with Gasteiger partial charge in [0.15, 0.2) is 5.58 Å². The lowest BCUT2D eigenvalue weighted by Gasteiger charge is -2.12. The van der Waals surface area contributed by atoms with Crippen molar-refractivity contribution in [1.82, 2.24) is 9.97 Å². The monoisotopic (exact) mass is 592 g/mol. The summed E-state index contributed by atoms with van der Waals surface area (Å²) in [6.07, 6.45) is 0. The van der Waals surface area contributed by atoms with E-state index in [1.54, 1.807) is 12.1 Å². The largest absolute Gasteiger partial charge is 0.436 e. The second-order valence-corrected chi connectivity index (χ2v) is 11.6. The van der Waals surface area contributed by atoms with Crippen LogP contribution in [-0.4, -0.2) is 9.97 Å². The van der Waals surface area contributed by atoms with Gasteiger partial charge in [0, 0.05) is 21.9 Å². The number of nitrogens with zero attached hydrogens (tertiary/aromatic N) is 2. The molecule has 0 amide bonds. The molecule has 2 heterocycles. The van der Waals surface area contributed by atoms with Crippen LogP contribution in [0.15, 0.2) is 156 Å². The van der Waals surface area contributed by atoms with Gasteiger partial charge in [0.1, 0.15) is 11.3 Å². The molecule has 7 aromatic carbocycles. The van der Waals surface area contributed by atoms with Crippen molar-refractivity contribution >= 4 is 43.5 Å². The molecule has 0 fully saturated rings. The Labute approximate surface area is 264 Å². The summed E-state index contributed by atoms with van der Waals surface area (Å²) in [5, 5.41) is 5.62. The van der Waals surface area contributed by atoms with Crippen LogP contribution in [0.5, 0.6) is 0 Å². The molecule has 0 spiro atoms. The van der Waals surface area contributed by atoms with Gasteiger partial charge >= 0.3 is 0 Å². The van der Waals surface area contributed by atoms with Gasteiger partial charge in [0.25, 0.3) is 0 Å². The molecule has 3 nitrogen and oxygen atoms in total. The van der Waals surface area contributed by atoms with E-state index in [9.17, 15) is 4.39 Å². The van der Waals surface area contributed by atoms with E-state index in [0.29, 0.717) is 5.89 Å². The lowest BCUT2D eigenvalue weighted by Crippen LogP contribution is -1.91. The molecule has 9 aromatic rings. The number of oxazole rings is 1. The van der Waals surface area contributed by atoms with Crippen molar-refractivity contribution in [2.45, 2.75) is 0 Å². The number of hydrogen-bond acceptors (Lipinski definition) is 3. The number of rotatable bonds is 4. The van der Waals surface area contributed by atoms with Crippen LogP contribution in [0.3, 0.4) is 0 Å². The minimum absolute atomic E-state index is 0.256. The van der Waals surface area contributed by atoms with Gasteiger partial charge in [0.05, 0.1) is 11.2 Å². The molecule has 46 heavy (non-hydrogen) atoms. The number of fused-ring (bicyclic) bond motifs is 5. The van der Waals surface area contributed by atoms with E-state index in [-0.39, 0.29) is 5.82 Å². The Kier molecular flexibility index (Phi) is 6.00. The van der Waals surface area contributed by atoms with Crippen LogP contribution in [0, 0.1) is 5.82 Å². The van der Waals surface area contributed by atoms with Crippen LogP contribution < -0.4 is 0 Å². The molecule has 0 aliphatic rings. The van der Waals surface area contributed by atoms with Gasteiger partial charge in [-0.25, -0.2) is 14.4 Å². The number of pyridine rings is 1. The fourth-order valence-electron chi connectivity index (χ4n) is 6.37. The summed E-state index contributed by atoms with van der Waals surface area (Å²) in [6, 6.07) is 50.7. The second-order valence-electron chi connectivity index (χ2n) is 11.6. The molecular weight excluding hydrogens is 567 g/mol. The Hall–Kier alpha value is -6.13. The van der Waals surface area contributed by atoms with Crippen molar-refractivity contribution in [3.63, 3.8) is 0 Å². The van der Waals surface area contributed by atoms with Crippen molar-refractivity contribution in [2.24, 2.45) is 0 Å². The van der Waals surface area contributed by atoms with Gasteiger partial charge in [-0.3, -0.25) is 0 Å². The zero-order chi connectivity index (χ0) is 30.6. The van der Waals surface area contributed by atoms with Crippen LogP contribution in [-0.2, 0) is 0 Å². The van der Waals surface area contributed by atoms with E-state index in [1.807, 2.05) is 36.4 Å². The molecule has 216 valence electrons. The van der Waals surface area contributed by atoms with Crippen molar-refractivity contribution in [1.29, 1.82) is 0 Å². The fourth-order valence-corrected chi connectivity index (χ4v) is 6.37. The van der Waals surface area contributed by atoms with Gasteiger partial charge in [0.2, 0.25) is 5.89 Å². The highest BCUT2D eigenvalue weighted by Crippen LogP contribution is 2.36. The maximum atomic E-state index is 13.7. The third-order valence-corrected chi connectivity index (χ3v) is 8.75. The van der Waals surface area contributed by atoms with Gasteiger partial charge in [-0.1, -0.05) is 84.9 Å². The van der Waals surface area contributed by atoms with Crippen LogP contribution in [0.4, 0.5) is 4.39 Å². The Morgan fingerprint density at radius 2 is 1.00 bits per heavy atom. The lowest BCUT2D eigenvalue weighted by molar-refractivity contribution is 0.620. The first-order valence-corrected chi connectivity index (χ1v) is 15.3. The molecule has 4 heteroatoms. The quantitative estimate of drug-likeness (QED) is 0.191. The Morgan fingerprint density at radius 1 is 0.413 bits per heavy atom.